The maximum atomic E-state index is 14.1. The van der Waals surface area contributed by atoms with Crippen LogP contribution in [0.1, 0.15) is 55.5 Å². The standard InChI is InChI=1S/C46H53ClN7O11PS/c1-46(2)15-11-34(40(26-46)32-3-5-35(47)6-4-32)28-51-17-19-52(20-18-51)36-7-9-39(43(24-36)65-37-23-33-12-16-48-44(33)53(29-37)30-64-66(58,59)60)45(55)50-67(61,62)38-8-10-41(42(25-38)54(56)57)49-27-31-13-21-63-22-14-31/h3-10,12,16,23-26,29,31,34,49H,11,13-15,17-22,27-28,30H2,1-2H3,(H3,50,55,58,59,60)/p+1. The van der Waals surface area contributed by atoms with Gasteiger partial charge in [0.2, 0.25) is 6.73 Å². The molecule has 2 aromatic heterocycles. The molecule has 2 fully saturated rings. The first-order chi connectivity index (χ1) is 31.9. The summed E-state index contributed by atoms with van der Waals surface area (Å²) in [5, 5.41) is 16.5. The van der Waals surface area contributed by atoms with E-state index < -0.39 is 46.0 Å². The molecule has 356 valence electrons. The number of anilines is 2. The van der Waals surface area contributed by atoms with E-state index in [2.05, 4.69) is 56.9 Å². The predicted octanol–water partition coefficient (Wildman–Crippen LogP) is 7.48. The Morgan fingerprint density at radius 3 is 2.49 bits per heavy atom. The van der Waals surface area contributed by atoms with E-state index in [-0.39, 0.29) is 34.1 Å². The van der Waals surface area contributed by atoms with Gasteiger partial charge in [-0.05, 0) is 96.5 Å². The molecule has 5 aromatic rings. The zero-order valence-electron chi connectivity index (χ0n) is 37.1. The minimum absolute atomic E-state index is 0.0221. The molecule has 0 bridgehead atoms. The second kappa shape index (κ2) is 20.1. The minimum Gasteiger partial charge on any atom is -0.453 e. The van der Waals surface area contributed by atoms with E-state index in [1.54, 1.807) is 30.5 Å². The van der Waals surface area contributed by atoms with E-state index in [9.17, 15) is 37.7 Å². The number of sulfonamides is 1. The fourth-order valence-electron chi connectivity index (χ4n) is 8.93. The number of aromatic amines is 1. The lowest BCUT2D eigenvalue weighted by molar-refractivity contribution is -0.703. The van der Waals surface area contributed by atoms with Gasteiger partial charge in [-0.2, -0.15) is 0 Å². The van der Waals surface area contributed by atoms with E-state index in [0.717, 1.165) is 51.4 Å². The maximum absolute atomic E-state index is 14.1. The number of hydrogen-bond donors (Lipinski definition) is 5. The molecule has 1 unspecified atom stereocenters. The molecule has 0 saturated carbocycles. The van der Waals surface area contributed by atoms with Crippen LogP contribution in [0.4, 0.5) is 17.1 Å². The summed E-state index contributed by atoms with van der Waals surface area (Å²) >= 11 is 6.24. The molecule has 1 amide bonds. The lowest BCUT2D eigenvalue weighted by Crippen LogP contribution is -2.48. The van der Waals surface area contributed by atoms with E-state index >= 15 is 0 Å². The number of nitro groups is 1. The van der Waals surface area contributed by atoms with E-state index in [1.807, 2.05) is 12.1 Å². The molecule has 5 N–H and O–H groups in total. The number of fused-ring (bicyclic) bond motifs is 1. The smallest absolute Gasteiger partial charge is 0.453 e. The number of piperazine rings is 1. The molecule has 2 aliphatic heterocycles. The number of amides is 1. The van der Waals surface area contributed by atoms with Gasteiger partial charge in [-0.3, -0.25) is 19.8 Å². The van der Waals surface area contributed by atoms with Gasteiger partial charge in [-0.25, -0.2) is 31.8 Å². The largest absolute Gasteiger partial charge is 0.472 e. The molecule has 67 heavy (non-hydrogen) atoms. The summed E-state index contributed by atoms with van der Waals surface area (Å²) in [6.07, 6.45) is 9.16. The highest BCUT2D eigenvalue weighted by molar-refractivity contribution is 7.90. The molecule has 3 aliphatic rings. The van der Waals surface area contributed by atoms with Crippen LogP contribution < -0.4 is 24.2 Å². The molecule has 4 heterocycles. The molecule has 0 spiro atoms. The molecule has 1 atom stereocenters. The monoisotopic (exact) mass is 978 g/mol. The second-order valence-corrected chi connectivity index (χ2v) is 21.2. The number of aromatic nitrogens is 2. The van der Waals surface area contributed by atoms with Gasteiger partial charge in [0.05, 0.1) is 27.0 Å². The lowest BCUT2D eigenvalue weighted by atomic mass is 9.72. The minimum atomic E-state index is -4.87. The molecule has 8 rings (SSSR count). The van der Waals surface area contributed by atoms with Crippen LogP contribution in [0.15, 0.2) is 96.2 Å². The molecular formula is C46H54ClN7O11PS+. The van der Waals surface area contributed by atoms with Crippen LogP contribution in [0.25, 0.3) is 16.6 Å². The molecule has 1 aliphatic carbocycles. The van der Waals surface area contributed by atoms with Gasteiger partial charge in [0, 0.05) is 81.4 Å². The topological polar surface area (TPSA) is 230 Å². The number of phosphoric ester groups is 1. The van der Waals surface area contributed by atoms with Crippen molar-refractivity contribution in [1.29, 1.82) is 0 Å². The number of hydrogen-bond acceptors (Lipinski definition) is 12. The van der Waals surface area contributed by atoms with Crippen molar-refractivity contribution in [3.05, 3.63) is 118 Å². The van der Waals surface area contributed by atoms with Crippen molar-refractivity contribution in [2.45, 2.75) is 51.2 Å². The van der Waals surface area contributed by atoms with Gasteiger partial charge in [0.1, 0.15) is 17.6 Å². The first kappa shape index (κ1) is 48.1. The highest BCUT2D eigenvalue weighted by Crippen LogP contribution is 2.42. The van der Waals surface area contributed by atoms with Gasteiger partial charge in [-0.1, -0.05) is 43.7 Å². The first-order valence-corrected chi connectivity index (χ1v) is 25.4. The van der Waals surface area contributed by atoms with E-state index in [0.29, 0.717) is 60.5 Å². The Balaban J connectivity index is 1.04. The number of allylic oxidation sites excluding steroid dienone is 1. The predicted molar refractivity (Wildman–Crippen MR) is 253 cm³/mol. The number of pyridine rings is 1. The van der Waals surface area contributed by atoms with Crippen LogP contribution in [0.5, 0.6) is 11.5 Å². The third-order valence-corrected chi connectivity index (χ3v) is 14.6. The Bertz CT molecular complexity index is 2820. The number of benzene rings is 3. The Hall–Kier alpha value is -5.37. The highest BCUT2D eigenvalue weighted by Gasteiger charge is 2.32. The second-order valence-electron chi connectivity index (χ2n) is 17.9. The molecule has 2 saturated heterocycles. The summed E-state index contributed by atoms with van der Waals surface area (Å²) in [6.45, 7) is 9.29. The number of H-pyrrole nitrogens is 1. The van der Waals surface area contributed by atoms with Crippen molar-refractivity contribution in [1.82, 2.24) is 14.6 Å². The van der Waals surface area contributed by atoms with E-state index in [4.69, 9.17) is 25.6 Å². The highest BCUT2D eigenvalue weighted by atomic mass is 35.5. The summed E-state index contributed by atoms with van der Waals surface area (Å²) < 4.78 is 59.2. The molecule has 21 heteroatoms. The fraction of sp³-hybridized carbons (Fsp3) is 0.391. The van der Waals surface area contributed by atoms with E-state index in [1.165, 1.54) is 40.1 Å². The van der Waals surface area contributed by atoms with Crippen LogP contribution in [0, 0.1) is 27.4 Å². The summed E-state index contributed by atoms with van der Waals surface area (Å²) in [7, 11) is -9.53. The van der Waals surface area contributed by atoms with Crippen molar-refractivity contribution < 1.29 is 51.1 Å². The molecular weight excluding hydrogens is 925 g/mol. The fourth-order valence-corrected chi connectivity index (χ4v) is 10.3. The van der Waals surface area contributed by atoms with Crippen LogP contribution in [-0.2, 0) is 30.6 Å². The maximum Gasteiger partial charge on any atom is 0.472 e. The Morgan fingerprint density at radius 1 is 1.03 bits per heavy atom. The number of nitro benzene ring substituents is 1. The number of nitrogens with one attached hydrogen (secondary N) is 3. The van der Waals surface area contributed by atoms with Crippen molar-refractivity contribution in [3.63, 3.8) is 0 Å². The number of phosphoric acid groups is 1. The average Bonchev–Trinajstić information content (AvgIpc) is 3.77. The SMILES string of the molecule is CC1(C)C=C(c2ccc(Cl)cc2)C(CN2CCN(c3ccc(C(=O)NS(=O)(=O)c4ccc(NCC5CCOCC5)c([N+](=O)[O-])c4)c(Oc4cc5cc[nH]c5[n+](COP(=O)(O)O)c4)c3)CC2)CC1. The zero-order chi connectivity index (χ0) is 47.5. The molecule has 3 aromatic carbocycles. The zero-order valence-corrected chi connectivity index (χ0v) is 39.6. The summed E-state index contributed by atoms with van der Waals surface area (Å²) in [4.78, 5) is 51.5. The third kappa shape index (κ3) is 12.0. The Morgan fingerprint density at radius 2 is 1.78 bits per heavy atom. The van der Waals surface area contributed by atoms with Gasteiger partial charge in [-0.15, -0.1) is 0 Å². The Labute approximate surface area is 393 Å². The van der Waals surface area contributed by atoms with Crippen molar-refractivity contribution in [2.75, 3.05) is 62.7 Å². The third-order valence-electron chi connectivity index (χ3n) is 12.6. The van der Waals surface area contributed by atoms with Gasteiger partial charge in [0.25, 0.3) is 27.3 Å². The van der Waals surface area contributed by atoms with Crippen molar-refractivity contribution >= 4 is 69.0 Å². The van der Waals surface area contributed by atoms with Crippen LogP contribution in [-0.4, -0.2) is 91.4 Å². The summed E-state index contributed by atoms with van der Waals surface area (Å²) in [6, 6.07) is 19.6. The van der Waals surface area contributed by atoms with Crippen molar-refractivity contribution in [3.8, 4) is 11.5 Å². The Kier molecular flexibility index (Phi) is 14.4. The number of halogens is 1. The number of nitrogens with zero attached hydrogens (tertiary/aromatic N) is 4. The number of carbonyl (C=O) groups is 1. The van der Waals surface area contributed by atoms with Gasteiger partial charge < -0.3 is 29.5 Å². The number of ether oxygens (including phenoxy) is 2. The quantitative estimate of drug-likeness (QED) is 0.0280. The number of rotatable bonds is 16. The molecule has 18 nitrogen and oxygen atoms in total. The summed E-state index contributed by atoms with van der Waals surface area (Å²) in [5.41, 5.74) is 3.27. The van der Waals surface area contributed by atoms with Crippen LogP contribution in [0.3, 0.4) is 0 Å². The first-order valence-electron chi connectivity index (χ1n) is 22.1. The summed E-state index contributed by atoms with van der Waals surface area (Å²) in [5.74, 6) is -0.370. The van der Waals surface area contributed by atoms with Crippen molar-refractivity contribution in [2.24, 2.45) is 17.3 Å². The van der Waals surface area contributed by atoms with Gasteiger partial charge >= 0.3 is 7.82 Å². The van der Waals surface area contributed by atoms with Crippen LogP contribution >= 0.6 is 19.4 Å². The number of carbonyl (C=O) groups excluding carboxylic acids is 1. The average molecular weight is 979 g/mol. The van der Waals surface area contributed by atoms with Crippen LogP contribution in [0.2, 0.25) is 5.02 Å². The normalized spacial score (nSPS) is 18.4. The molecule has 0 radical (unpaired) electrons. The van der Waals surface area contributed by atoms with Gasteiger partial charge in [0.15, 0.2) is 5.75 Å². The lowest BCUT2D eigenvalue weighted by Gasteiger charge is -2.40.